The maximum absolute atomic E-state index is 13.0. The van der Waals surface area contributed by atoms with Crippen molar-refractivity contribution in [1.29, 1.82) is 0 Å². The first-order chi connectivity index (χ1) is 10.3. The largest absolute Gasteiger partial charge is 0.389 e. The average Bonchev–Trinajstić information content (AvgIpc) is 2.78. The molecule has 2 fully saturated rings. The zero-order chi connectivity index (χ0) is 16.1. The Bertz CT molecular complexity index is 650. The molecule has 0 amide bonds. The quantitative estimate of drug-likeness (QED) is 0.897. The van der Waals surface area contributed by atoms with Gasteiger partial charge in [0.2, 0.25) is 10.0 Å². The minimum Gasteiger partial charge on any atom is -0.389 e. The van der Waals surface area contributed by atoms with Crippen LogP contribution in [-0.4, -0.2) is 41.2 Å². The molecule has 0 bridgehead atoms. The van der Waals surface area contributed by atoms with E-state index in [4.69, 9.17) is 4.52 Å². The Balaban J connectivity index is 1.96. The lowest BCUT2D eigenvalue weighted by atomic mass is 9.68. The highest BCUT2D eigenvalue weighted by Crippen LogP contribution is 2.44. The molecule has 0 spiro atoms. The predicted octanol–water partition coefficient (Wildman–Crippen LogP) is 2.00. The van der Waals surface area contributed by atoms with E-state index in [1.807, 2.05) is 6.92 Å². The summed E-state index contributed by atoms with van der Waals surface area (Å²) >= 11 is 0. The second-order valence-corrected chi connectivity index (χ2v) is 8.54. The summed E-state index contributed by atoms with van der Waals surface area (Å²) in [5.74, 6) is 0.333. The Morgan fingerprint density at radius 1 is 1.32 bits per heavy atom. The molecule has 22 heavy (non-hydrogen) atoms. The van der Waals surface area contributed by atoms with Crippen LogP contribution in [0.2, 0.25) is 0 Å². The molecule has 1 aliphatic heterocycles. The molecule has 0 radical (unpaired) electrons. The zero-order valence-electron chi connectivity index (χ0n) is 13.4. The molecule has 1 N–H and O–H groups in total. The summed E-state index contributed by atoms with van der Waals surface area (Å²) in [6.45, 7) is 5.53. The van der Waals surface area contributed by atoms with E-state index in [1.54, 1.807) is 13.8 Å². The van der Waals surface area contributed by atoms with Crippen LogP contribution in [0.25, 0.3) is 0 Å². The lowest BCUT2D eigenvalue weighted by molar-refractivity contribution is -0.101. The molecular weight excluding hydrogens is 304 g/mol. The van der Waals surface area contributed by atoms with Crippen LogP contribution in [0.4, 0.5) is 0 Å². The van der Waals surface area contributed by atoms with Crippen molar-refractivity contribution in [3.8, 4) is 0 Å². The van der Waals surface area contributed by atoms with Gasteiger partial charge in [-0.05, 0) is 40.0 Å². The molecule has 124 valence electrons. The molecule has 1 aromatic heterocycles. The van der Waals surface area contributed by atoms with Crippen molar-refractivity contribution in [2.45, 2.75) is 69.4 Å². The topological polar surface area (TPSA) is 83.6 Å². The fourth-order valence-corrected chi connectivity index (χ4v) is 6.22. The summed E-state index contributed by atoms with van der Waals surface area (Å²) in [4.78, 5) is 0.181. The van der Waals surface area contributed by atoms with Gasteiger partial charge >= 0.3 is 0 Å². The van der Waals surface area contributed by atoms with Crippen molar-refractivity contribution in [3.05, 3.63) is 11.5 Å². The first-order valence-corrected chi connectivity index (χ1v) is 9.38. The summed E-state index contributed by atoms with van der Waals surface area (Å²) in [5.41, 5.74) is -0.309. The summed E-state index contributed by atoms with van der Waals surface area (Å²) in [7, 11) is -3.64. The average molecular weight is 328 g/mol. The summed E-state index contributed by atoms with van der Waals surface area (Å²) in [6.07, 6.45) is 4.24. The summed E-state index contributed by atoms with van der Waals surface area (Å²) in [6, 6.07) is -0.210. The Hall–Kier alpha value is -0.920. The van der Waals surface area contributed by atoms with Gasteiger partial charge in [0, 0.05) is 18.5 Å². The number of aromatic nitrogens is 1. The molecule has 1 saturated carbocycles. The van der Waals surface area contributed by atoms with Crippen molar-refractivity contribution in [2.75, 3.05) is 6.54 Å². The molecule has 0 unspecified atom stereocenters. The van der Waals surface area contributed by atoms with Gasteiger partial charge in [0.1, 0.15) is 10.6 Å². The van der Waals surface area contributed by atoms with Crippen LogP contribution >= 0.6 is 0 Å². The van der Waals surface area contributed by atoms with Gasteiger partial charge in [0.15, 0.2) is 5.76 Å². The van der Waals surface area contributed by atoms with Gasteiger partial charge < -0.3 is 9.63 Å². The molecule has 1 aromatic rings. The highest BCUT2D eigenvalue weighted by atomic mass is 32.2. The smallest absolute Gasteiger partial charge is 0.248 e. The van der Waals surface area contributed by atoms with E-state index >= 15 is 0 Å². The minimum absolute atomic E-state index is 0.00486. The van der Waals surface area contributed by atoms with Crippen LogP contribution in [0.3, 0.4) is 0 Å². The van der Waals surface area contributed by atoms with Crippen LogP contribution in [0, 0.1) is 19.8 Å². The molecule has 1 aliphatic carbocycles. The van der Waals surface area contributed by atoms with Crippen molar-refractivity contribution < 1.29 is 18.0 Å². The van der Waals surface area contributed by atoms with Crippen molar-refractivity contribution in [3.63, 3.8) is 0 Å². The van der Waals surface area contributed by atoms with Crippen LogP contribution in [0.15, 0.2) is 9.42 Å². The maximum Gasteiger partial charge on any atom is 0.248 e. The Morgan fingerprint density at radius 2 is 2.05 bits per heavy atom. The van der Waals surface area contributed by atoms with Crippen LogP contribution in [0.5, 0.6) is 0 Å². The number of hydrogen-bond donors (Lipinski definition) is 1. The second kappa shape index (κ2) is 5.32. The summed E-state index contributed by atoms with van der Waals surface area (Å²) in [5, 5.41) is 14.6. The SMILES string of the molecule is Cc1noc(C)c1S(=O)(=O)N1CC[C@]2(O)CCCC[C@@H]2[C@H]1C. The van der Waals surface area contributed by atoms with Crippen LogP contribution in [0.1, 0.15) is 50.5 Å². The lowest BCUT2D eigenvalue weighted by Gasteiger charge is -2.50. The third-order valence-electron chi connectivity index (χ3n) is 5.40. The molecule has 0 aromatic carbocycles. The number of nitrogens with zero attached hydrogens (tertiary/aromatic N) is 2. The molecular formula is C15H24N2O4S. The van der Waals surface area contributed by atoms with Crippen molar-refractivity contribution in [1.82, 2.24) is 9.46 Å². The molecule has 6 nitrogen and oxygen atoms in total. The minimum atomic E-state index is -3.64. The van der Waals surface area contributed by atoms with Gasteiger partial charge in [-0.25, -0.2) is 8.42 Å². The number of aliphatic hydroxyl groups is 1. The Labute approximate surface area is 131 Å². The number of piperidine rings is 1. The highest BCUT2D eigenvalue weighted by Gasteiger charge is 2.50. The number of rotatable bonds is 2. The van der Waals surface area contributed by atoms with E-state index < -0.39 is 15.6 Å². The van der Waals surface area contributed by atoms with E-state index in [2.05, 4.69) is 5.16 Å². The lowest BCUT2D eigenvalue weighted by Crippen LogP contribution is -2.59. The fraction of sp³-hybridized carbons (Fsp3) is 0.800. The number of aryl methyl sites for hydroxylation is 2. The second-order valence-electron chi connectivity index (χ2n) is 6.72. The van der Waals surface area contributed by atoms with Gasteiger partial charge in [-0.3, -0.25) is 0 Å². The molecule has 2 aliphatic rings. The first kappa shape index (κ1) is 16.0. The summed E-state index contributed by atoms with van der Waals surface area (Å²) < 4.78 is 32.6. The van der Waals surface area contributed by atoms with E-state index in [-0.39, 0.29) is 16.9 Å². The first-order valence-electron chi connectivity index (χ1n) is 7.94. The zero-order valence-corrected chi connectivity index (χ0v) is 14.2. The fourth-order valence-electron chi connectivity index (χ4n) is 4.26. The Kier molecular flexibility index (Phi) is 3.86. The molecule has 3 atom stereocenters. The standard InChI is InChI=1S/C15H24N2O4S/c1-10-14(12(3)21-16-10)22(19,20)17-9-8-15(18)7-5-4-6-13(15)11(17)2/h11,13,18H,4-9H2,1-3H3/t11-,13-,15-/m1/s1. The van der Waals surface area contributed by atoms with Gasteiger partial charge in [-0.1, -0.05) is 18.0 Å². The van der Waals surface area contributed by atoms with Crippen LogP contribution < -0.4 is 0 Å². The maximum atomic E-state index is 13.0. The van der Waals surface area contributed by atoms with Gasteiger partial charge in [0.05, 0.1) is 5.60 Å². The number of hydrogen-bond acceptors (Lipinski definition) is 5. The molecule has 3 rings (SSSR count). The van der Waals surface area contributed by atoms with E-state index in [1.165, 1.54) is 4.31 Å². The normalized spacial score (nSPS) is 33.6. The molecule has 1 saturated heterocycles. The van der Waals surface area contributed by atoms with Crippen molar-refractivity contribution in [2.24, 2.45) is 5.92 Å². The van der Waals surface area contributed by atoms with E-state index in [0.29, 0.717) is 24.4 Å². The third kappa shape index (κ3) is 2.30. The van der Waals surface area contributed by atoms with Gasteiger partial charge in [-0.2, -0.15) is 4.31 Å². The Morgan fingerprint density at radius 3 is 2.68 bits per heavy atom. The predicted molar refractivity (Wildman–Crippen MR) is 80.9 cm³/mol. The monoisotopic (exact) mass is 328 g/mol. The van der Waals surface area contributed by atoms with Gasteiger partial charge in [-0.15, -0.1) is 0 Å². The number of fused-ring (bicyclic) bond motifs is 1. The van der Waals surface area contributed by atoms with Gasteiger partial charge in [0.25, 0.3) is 0 Å². The highest BCUT2D eigenvalue weighted by molar-refractivity contribution is 7.89. The molecule has 7 heteroatoms. The molecule has 2 heterocycles. The van der Waals surface area contributed by atoms with E-state index in [9.17, 15) is 13.5 Å². The van der Waals surface area contributed by atoms with E-state index in [0.717, 1.165) is 25.7 Å². The van der Waals surface area contributed by atoms with Crippen LogP contribution in [-0.2, 0) is 10.0 Å². The van der Waals surface area contributed by atoms with Crippen molar-refractivity contribution >= 4 is 10.0 Å². The third-order valence-corrected chi connectivity index (χ3v) is 7.63. The number of sulfonamides is 1.